The average molecular weight is 424 g/mol. The Morgan fingerprint density at radius 1 is 0.968 bits per heavy atom. The van der Waals surface area contributed by atoms with Gasteiger partial charge >= 0.3 is 0 Å². The van der Waals surface area contributed by atoms with Crippen molar-refractivity contribution in [1.82, 2.24) is 9.97 Å². The Balaban J connectivity index is 1.84. The maximum atomic E-state index is 12.8. The Hall–Kier alpha value is -3.54. The van der Waals surface area contributed by atoms with Crippen LogP contribution in [0, 0.1) is 6.92 Å². The van der Waals surface area contributed by atoms with Crippen LogP contribution in [0.4, 0.5) is 0 Å². The van der Waals surface area contributed by atoms with Crippen molar-refractivity contribution in [1.29, 1.82) is 0 Å². The summed E-state index contributed by atoms with van der Waals surface area (Å²) >= 11 is 1.65. The molecule has 0 bridgehead atoms. The molecule has 0 radical (unpaired) electrons. The number of aromatic nitrogens is 2. The van der Waals surface area contributed by atoms with Crippen molar-refractivity contribution >= 4 is 22.2 Å². The van der Waals surface area contributed by atoms with Gasteiger partial charge < -0.3 is 10.7 Å². The average Bonchev–Trinajstić information content (AvgIpc) is 3.25. The molecule has 0 saturated heterocycles. The molecule has 0 aliphatic rings. The highest BCUT2D eigenvalue weighted by atomic mass is 32.1. The zero-order valence-corrected chi connectivity index (χ0v) is 17.9. The van der Waals surface area contributed by atoms with Gasteiger partial charge in [0.1, 0.15) is 0 Å². The molecule has 3 heterocycles. The molecule has 0 aliphatic carbocycles. The molecule has 3 aromatic heterocycles. The monoisotopic (exact) mass is 423 g/mol. The fourth-order valence-corrected chi connectivity index (χ4v) is 4.71. The number of fused-ring (bicyclic) bond motifs is 1. The number of hydrogen-bond acceptors (Lipinski definition) is 4. The van der Waals surface area contributed by atoms with Crippen LogP contribution in [0.3, 0.4) is 0 Å². The minimum atomic E-state index is -0.137. The van der Waals surface area contributed by atoms with E-state index in [9.17, 15) is 4.79 Å². The summed E-state index contributed by atoms with van der Waals surface area (Å²) in [5.74, 6) is 0. The van der Waals surface area contributed by atoms with E-state index >= 15 is 0 Å². The standard InChI is InChI=1S/C26H21N3OS/c1-16-11-23(31-15-16)22-14-28-26(30)21-12-20(18-5-3-2-4-6-18)24(29-25(21)22)19-9-7-17(13-27)8-10-19/h2-12,14-15H,13,27H2,1H3,(H,28,30). The molecule has 4 nitrogen and oxygen atoms in total. The third kappa shape index (κ3) is 3.58. The van der Waals surface area contributed by atoms with Crippen LogP contribution in [-0.4, -0.2) is 9.97 Å². The maximum absolute atomic E-state index is 12.8. The summed E-state index contributed by atoms with van der Waals surface area (Å²) in [5, 5.41) is 2.70. The number of pyridine rings is 2. The van der Waals surface area contributed by atoms with Crippen LogP contribution < -0.4 is 11.3 Å². The molecule has 0 atom stereocenters. The number of nitrogens with two attached hydrogens (primary N) is 1. The predicted octanol–water partition coefficient (Wildman–Crippen LogP) is 5.75. The SMILES string of the molecule is Cc1csc(-c2c[nH]c(=O)c3cc(-c4ccccc4)c(-c4ccc(CN)cc4)nc23)c1. The molecule has 31 heavy (non-hydrogen) atoms. The second-order valence-electron chi connectivity index (χ2n) is 7.57. The number of aromatic amines is 1. The van der Waals surface area contributed by atoms with E-state index < -0.39 is 0 Å². The molecular weight excluding hydrogens is 402 g/mol. The van der Waals surface area contributed by atoms with Crippen molar-refractivity contribution in [2.45, 2.75) is 13.5 Å². The van der Waals surface area contributed by atoms with Crippen molar-refractivity contribution in [3.63, 3.8) is 0 Å². The van der Waals surface area contributed by atoms with E-state index in [-0.39, 0.29) is 5.56 Å². The van der Waals surface area contributed by atoms with E-state index in [4.69, 9.17) is 10.7 Å². The van der Waals surface area contributed by atoms with Crippen molar-refractivity contribution < 1.29 is 0 Å². The summed E-state index contributed by atoms with van der Waals surface area (Å²) < 4.78 is 0. The summed E-state index contributed by atoms with van der Waals surface area (Å²) in [4.78, 5) is 21.8. The zero-order chi connectivity index (χ0) is 21.4. The second kappa shape index (κ2) is 7.95. The van der Waals surface area contributed by atoms with E-state index in [2.05, 4.69) is 23.4 Å². The highest BCUT2D eigenvalue weighted by molar-refractivity contribution is 7.13. The van der Waals surface area contributed by atoms with E-state index in [0.29, 0.717) is 17.4 Å². The lowest BCUT2D eigenvalue weighted by Gasteiger charge is -2.13. The van der Waals surface area contributed by atoms with Gasteiger partial charge in [0.2, 0.25) is 0 Å². The van der Waals surface area contributed by atoms with Gasteiger partial charge in [-0.3, -0.25) is 4.79 Å². The van der Waals surface area contributed by atoms with E-state index in [0.717, 1.165) is 38.4 Å². The normalized spacial score (nSPS) is 11.2. The fraction of sp³-hybridized carbons (Fsp3) is 0.0769. The minimum Gasteiger partial charge on any atom is -0.328 e. The number of nitrogens with one attached hydrogen (secondary N) is 1. The Morgan fingerprint density at radius 2 is 1.74 bits per heavy atom. The third-order valence-corrected chi connectivity index (χ3v) is 6.50. The number of aryl methyl sites for hydroxylation is 1. The first-order valence-electron chi connectivity index (χ1n) is 10.1. The van der Waals surface area contributed by atoms with Crippen LogP contribution >= 0.6 is 11.3 Å². The van der Waals surface area contributed by atoms with Crippen LogP contribution in [0.1, 0.15) is 11.1 Å². The Labute approximate surface area is 184 Å². The van der Waals surface area contributed by atoms with Crippen LogP contribution in [0.2, 0.25) is 0 Å². The topological polar surface area (TPSA) is 71.8 Å². The maximum Gasteiger partial charge on any atom is 0.257 e. The fourth-order valence-electron chi connectivity index (χ4n) is 3.79. The van der Waals surface area contributed by atoms with Crippen molar-refractivity contribution in [3.8, 4) is 32.8 Å². The molecule has 152 valence electrons. The van der Waals surface area contributed by atoms with Gasteiger partial charge in [-0.1, -0.05) is 54.6 Å². The molecule has 0 spiro atoms. The lowest BCUT2D eigenvalue weighted by molar-refractivity contribution is 1.07. The van der Waals surface area contributed by atoms with Crippen molar-refractivity contribution in [3.05, 3.63) is 99.8 Å². The molecule has 0 amide bonds. The van der Waals surface area contributed by atoms with Gasteiger partial charge in [0.15, 0.2) is 0 Å². The summed E-state index contributed by atoms with van der Waals surface area (Å²) in [5.41, 5.74) is 13.3. The van der Waals surface area contributed by atoms with Crippen LogP contribution in [-0.2, 0) is 6.54 Å². The Morgan fingerprint density at radius 3 is 2.42 bits per heavy atom. The van der Waals surface area contributed by atoms with Crippen molar-refractivity contribution in [2.75, 3.05) is 0 Å². The molecule has 2 aromatic carbocycles. The van der Waals surface area contributed by atoms with E-state index in [1.54, 1.807) is 17.5 Å². The number of H-pyrrole nitrogens is 1. The molecular formula is C26H21N3OS. The van der Waals surface area contributed by atoms with Gasteiger partial charge in [0, 0.05) is 34.3 Å². The molecule has 3 N–H and O–H groups in total. The summed E-state index contributed by atoms with van der Waals surface area (Å²) in [6.45, 7) is 2.56. The van der Waals surface area contributed by atoms with Crippen LogP contribution in [0.25, 0.3) is 43.7 Å². The first kappa shape index (κ1) is 19.4. The molecule has 5 aromatic rings. The molecule has 0 unspecified atom stereocenters. The largest absolute Gasteiger partial charge is 0.328 e. The smallest absolute Gasteiger partial charge is 0.257 e. The highest BCUT2D eigenvalue weighted by Gasteiger charge is 2.16. The highest BCUT2D eigenvalue weighted by Crippen LogP contribution is 2.36. The molecule has 0 aliphatic heterocycles. The van der Waals surface area contributed by atoms with Gasteiger partial charge in [-0.25, -0.2) is 4.98 Å². The van der Waals surface area contributed by atoms with Gasteiger partial charge in [-0.2, -0.15) is 0 Å². The van der Waals surface area contributed by atoms with Crippen LogP contribution in [0.5, 0.6) is 0 Å². The van der Waals surface area contributed by atoms with Gasteiger partial charge in [0.05, 0.1) is 16.6 Å². The van der Waals surface area contributed by atoms with E-state index in [1.165, 1.54) is 5.56 Å². The van der Waals surface area contributed by atoms with Gasteiger partial charge in [-0.15, -0.1) is 11.3 Å². The lowest BCUT2D eigenvalue weighted by atomic mass is 9.96. The first-order valence-corrected chi connectivity index (χ1v) is 11.0. The molecule has 0 fully saturated rings. The predicted molar refractivity (Wildman–Crippen MR) is 129 cm³/mol. The lowest BCUT2D eigenvalue weighted by Crippen LogP contribution is -2.08. The van der Waals surface area contributed by atoms with Gasteiger partial charge in [0.25, 0.3) is 5.56 Å². The number of thiophene rings is 1. The zero-order valence-electron chi connectivity index (χ0n) is 17.1. The Bertz CT molecular complexity index is 1430. The van der Waals surface area contributed by atoms with Crippen molar-refractivity contribution in [2.24, 2.45) is 5.73 Å². The number of rotatable bonds is 4. The third-order valence-electron chi connectivity index (χ3n) is 5.41. The second-order valence-corrected chi connectivity index (χ2v) is 8.48. The summed E-state index contributed by atoms with van der Waals surface area (Å²) in [6.07, 6.45) is 1.77. The van der Waals surface area contributed by atoms with Crippen LogP contribution in [0.15, 0.2) is 83.1 Å². The first-order chi connectivity index (χ1) is 15.1. The summed E-state index contributed by atoms with van der Waals surface area (Å²) in [6, 6.07) is 22.3. The quantitative estimate of drug-likeness (QED) is 0.386. The number of hydrogen-bond donors (Lipinski definition) is 2. The molecule has 0 saturated carbocycles. The molecule has 5 rings (SSSR count). The minimum absolute atomic E-state index is 0.137. The number of nitrogens with zero attached hydrogens (tertiary/aromatic N) is 1. The Kier molecular flexibility index (Phi) is 4.98. The van der Waals surface area contributed by atoms with Gasteiger partial charge in [-0.05, 0) is 41.1 Å². The molecule has 5 heteroatoms. The summed E-state index contributed by atoms with van der Waals surface area (Å²) in [7, 11) is 0. The number of benzene rings is 2. The van der Waals surface area contributed by atoms with E-state index in [1.807, 2.05) is 60.7 Å².